The number of aryl methyl sites for hydroxylation is 1. The minimum absolute atomic E-state index is 0.132. The standard InChI is InChI=1S/C22H20N2O4/c1-14-16-6-3-5-9-19(16)28-21(14)22(26)27-13-20(25)23-11-10-15-12-24-18-8-4-2-7-17(15)18/h2-9,12,24H,10-11,13H2,1H3,(H,23,25). The molecule has 4 rings (SSSR count). The average molecular weight is 376 g/mol. The second-order valence-electron chi connectivity index (χ2n) is 6.59. The minimum Gasteiger partial charge on any atom is -0.450 e. The molecule has 2 N–H and O–H groups in total. The molecule has 28 heavy (non-hydrogen) atoms. The summed E-state index contributed by atoms with van der Waals surface area (Å²) in [6, 6.07) is 15.4. The first-order valence-corrected chi connectivity index (χ1v) is 9.10. The topological polar surface area (TPSA) is 84.3 Å². The number of rotatable bonds is 6. The van der Waals surface area contributed by atoms with Crippen molar-refractivity contribution in [3.05, 3.63) is 71.6 Å². The Morgan fingerprint density at radius 2 is 1.82 bits per heavy atom. The molecule has 0 saturated heterocycles. The zero-order valence-electron chi connectivity index (χ0n) is 15.5. The summed E-state index contributed by atoms with van der Waals surface area (Å²) < 4.78 is 10.7. The highest BCUT2D eigenvalue weighted by atomic mass is 16.5. The van der Waals surface area contributed by atoms with Gasteiger partial charge in [0.1, 0.15) is 5.58 Å². The zero-order chi connectivity index (χ0) is 19.5. The van der Waals surface area contributed by atoms with E-state index < -0.39 is 5.97 Å². The number of hydrogen-bond donors (Lipinski definition) is 2. The number of para-hydroxylation sites is 2. The van der Waals surface area contributed by atoms with E-state index in [1.807, 2.05) is 48.7 Å². The van der Waals surface area contributed by atoms with Crippen LogP contribution in [-0.4, -0.2) is 30.0 Å². The van der Waals surface area contributed by atoms with Crippen LogP contribution < -0.4 is 5.32 Å². The Kier molecular flexibility index (Phi) is 4.85. The van der Waals surface area contributed by atoms with Gasteiger partial charge in [-0.05, 0) is 31.0 Å². The zero-order valence-corrected chi connectivity index (χ0v) is 15.5. The lowest BCUT2D eigenvalue weighted by Gasteiger charge is -2.06. The number of esters is 1. The Hall–Kier alpha value is -3.54. The van der Waals surface area contributed by atoms with E-state index in [0.29, 0.717) is 24.1 Å². The molecular weight excluding hydrogens is 356 g/mol. The van der Waals surface area contributed by atoms with Crippen LogP contribution in [0.5, 0.6) is 0 Å². The van der Waals surface area contributed by atoms with Gasteiger partial charge in [0.2, 0.25) is 5.76 Å². The molecule has 4 aromatic rings. The van der Waals surface area contributed by atoms with E-state index in [9.17, 15) is 9.59 Å². The summed E-state index contributed by atoms with van der Waals surface area (Å²) in [5.74, 6) is -0.852. The van der Waals surface area contributed by atoms with E-state index in [0.717, 1.165) is 21.9 Å². The van der Waals surface area contributed by atoms with Crippen LogP contribution in [0.15, 0.2) is 59.1 Å². The van der Waals surface area contributed by atoms with Gasteiger partial charge in [0.05, 0.1) is 0 Å². The van der Waals surface area contributed by atoms with Crippen LogP contribution in [0.4, 0.5) is 0 Å². The van der Waals surface area contributed by atoms with Crippen molar-refractivity contribution in [3.8, 4) is 0 Å². The summed E-state index contributed by atoms with van der Waals surface area (Å²) >= 11 is 0. The number of benzene rings is 2. The monoisotopic (exact) mass is 376 g/mol. The van der Waals surface area contributed by atoms with Crippen molar-refractivity contribution in [2.45, 2.75) is 13.3 Å². The molecule has 0 radical (unpaired) electrons. The van der Waals surface area contributed by atoms with Gasteiger partial charge in [-0.3, -0.25) is 4.79 Å². The second-order valence-corrected chi connectivity index (χ2v) is 6.59. The van der Waals surface area contributed by atoms with Crippen LogP contribution >= 0.6 is 0 Å². The largest absolute Gasteiger partial charge is 0.450 e. The summed E-state index contributed by atoms with van der Waals surface area (Å²) in [7, 11) is 0. The molecule has 0 fully saturated rings. The Bertz CT molecular complexity index is 1160. The van der Waals surface area contributed by atoms with Gasteiger partial charge in [0.15, 0.2) is 6.61 Å². The van der Waals surface area contributed by atoms with Crippen molar-refractivity contribution in [1.82, 2.24) is 10.3 Å². The lowest BCUT2D eigenvalue weighted by atomic mass is 10.1. The Balaban J connectivity index is 1.29. The number of fused-ring (bicyclic) bond motifs is 2. The van der Waals surface area contributed by atoms with E-state index in [-0.39, 0.29) is 18.3 Å². The van der Waals surface area contributed by atoms with Crippen LogP contribution in [0.25, 0.3) is 21.9 Å². The molecule has 0 aliphatic heterocycles. The average Bonchev–Trinajstić information content (AvgIpc) is 3.28. The summed E-state index contributed by atoms with van der Waals surface area (Å²) in [6.07, 6.45) is 2.63. The summed E-state index contributed by atoms with van der Waals surface area (Å²) in [5.41, 5.74) is 3.53. The number of hydrogen-bond acceptors (Lipinski definition) is 4. The van der Waals surface area contributed by atoms with Crippen LogP contribution in [0, 0.1) is 6.92 Å². The molecular formula is C22H20N2O4. The first-order valence-electron chi connectivity index (χ1n) is 9.10. The van der Waals surface area contributed by atoms with Gasteiger partial charge >= 0.3 is 5.97 Å². The molecule has 0 bridgehead atoms. The van der Waals surface area contributed by atoms with E-state index >= 15 is 0 Å². The van der Waals surface area contributed by atoms with Crippen LogP contribution in [-0.2, 0) is 16.0 Å². The fourth-order valence-electron chi connectivity index (χ4n) is 3.29. The predicted molar refractivity (Wildman–Crippen MR) is 106 cm³/mol. The molecule has 2 aromatic carbocycles. The van der Waals surface area contributed by atoms with Crippen molar-refractivity contribution < 1.29 is 18.7 Å². The van der Waals surface area contributed by atoms with E-state index in [1.165, 1.54) is 0 Å². The molecule has 0 saturated carbocycles. The smallest absolute Gasteiger partial charge is 0.375 e. The number of carbonyl (C=O) groups excluding carboxylic acids is 2. The number of furan rings is 1. The van der Waals surface area contributed by atoms with Crippen molar-refractivity contribution in [2.24, 2.45) is 0 Å². The number of H-pyrrole nitrogens is 1. The Morgan fingerprint density at radius 3 is 2.64 bits per heavy atom. The lowest BCUT2D eigenvalue weighted by molar-refractivity contribution is -0.124. The van der Waals surface area contributed by atoms with E-state index in [4.69, 9.17) is 9.15 Å². The molecule has 0 aliphatic rings. The third kappa shape index (κ3) is 3.49. The van der Waals surface area contributed by atoms with Gasteiger partial charge in [0, 0.05) is 34.6 Å². The summed E-state index contributed by atoms with van der Waals surface area (Å²) in [4.78, 5) is 27.5. The van der Waals surface area contributed by atoms with Gasteiger partial charge < -0.3 is 19.5 Å². The number of nitrogens with one attached hydrogen (secondary N) is 2. The minimum atomic E-state index is -0.638. The van der Waals surface area contributed by atoms with Crippen molar-refractivity contribution in [3.63, 3.8) is 0 Å². The maximum absolute atomic E-state index is 12.2. The van der Waals surface area contributed by atoms with E-state index in [2.05, 4.69) is 10.3 Å². The third-order valence-corrected chi connectivity index (χ3v) is 4.75. The molecule has 1 amide bonds. The summed E-state index contributed by atoms with van der Waals surface area (Å²) in [5, 5.41) is 4.77. The highest BCUT2D eigenvalue weighted by Gasteiger charge is 2.19. The van der Waals surface area contributed by atoms with Crippen molar-refractivity contribution in [1.29, 1.82) is 0 Å². The number of aromatic nitrogens is 1. The molecule has 6 nitrogen and oxygen atoms in total. The van der Waals surface area contributed by atoms with E-state index in [1.54, 1.807) is 13.0 Å². The normalized spacial score (nSPS) is 11.0. The fraction of sp³-hybridized carbons (Fsp3) is 0.182. The first kappa shape index (κ1) is 17.9. The number of carbonyl (C=O) groups is 2. The fourth-order valence-corrected chi connectivity index (χ4v) is 3.29. The second kappa shape index (κ2) is 7.60. The van der Waals surface area contributed by atoms with Gasteiger partial charge in [-0.1, -0.05) is 36.4 Å². The number of ether oxygens (including phenoxy) is 1. The third-order valence-electron chi connectivity index (χ3n) is 4.75. The molecule has 0 spiro atoms. The predicted octanol–water partition coefficient (Wildman–Crippen LogP) is 3.74. The quantitative estimate of drug-likeness (QED) is 0.502. The molecule has 2 heterocycles. The highest BCUT2D eigenvalue weighted by Crippen LogP contribution is 2.25. The van der Waals surface area contributed by atoms with Crippen molar-refractivity contribution in [2.75, 3.05) is 13.2 Å². The molecule has 142 valence electrons. The number of amides is 1. The van der Waals surface area contributed by atoms with Crippen LogP contribution in [0.2, 0.25) is 0 Å². The molecule has 0 unspecified atom stereocenters. The molecule has 2 aromatic heterocycles. The SMILES string of the molecule is Cc1c(C(=O)OCC(=O)NCCc2c[nH]c3ccccc23)oc2ccccc12. The highest BCUT2D eigenvalue weighted by molar-refractivity contribution is 5.96. The first-order chi connectivity index (χ1) is 13.6. The number of aromatic amines is 1. The van der Waals surface area contributed by atoms with Gasteiger partial charge in [0.25, 0.3) is 5.91 Å². The van der Waals surface area contributed by atoms with Gasteiger partial charge in [-0.15, -0.1) is 0 Å². The van der Waals surface area contributed by atoms with Gasteiger partial charge in [-0.2, -0.15) is 0 Å². The van der Waals surface area contributed by atoms with Crippen LogP contribution in [0.3, 0.4) is 0 Å². The van der Waals surface area contributed by atoms with Crippen molar-refractivity contribution >= 4 is 33.7 Å². The summed E-state index contributed by atoms with van der Waals surface area (Å²) in [6.45, 7) is 1.91. The molecule has 0 aliphatic carbocycles. The maximum atomic E-state index is 12.2. The van der Waals surface area contributed by atoms with Crippen LogP contribution in [0.1, 0.15) is 21.7 Å². The maximum Gasteiger partial charge on any atom is 0.375 e. The Labute approximate surface area is 161 Å². The molecule has 6 heteroatoms. The lowest BCUT2D eigenvalue weighted by Crippen LogP contribution is -2.30. The molecule has 0 atom stereocenters. The van der Waals surface area contributed by atoms with Gasteiger partial charge in [-0.25, -0.2) is 4.79 Å². The Morgan fingerprint density at radius 1 is 1.07 bits per heavy atom.